The van der Waals surface area contributed by atoms with Crippen molar-refractivity contribution in [2.45, 2.75) is 38.1 Å². The van der Waals surface area contributed by atoms with Gasteiger partial charge in [0.15, 0.2) is 5.11 Å². The lowest BCUT2D eigenvalue weighted by molar-refractivity contribution is -0.384. The van der Waals surface area contributed by atoms with Crippen LogP contribution in [0.4, 0.5) is 5.69 Å². The second-order valence-electron chi connectivity index (χ2n) is 5.15. The normalized spacial score (nSPS) is 15.7. The number of hydrazone groups is 1. The fourth-order valence-electron chi connectivity index (χ4n) is 2.38. The van der Waals surface area contributed by atoms with Gasteiger partial charge in [-0.15, -0.1) is 0 Å². The van der Waals surface area contributed by atoms with Gasteiger partial charge in [-0.25, -0.2) is 0 Å². The standard InChI is InChI=1S/C14H17ClN4O2S/c15-12-7-6-10(8-13(12)19(20)21)9-16-18-14(22)17-11-4-2-1-3-5-11/h6-9,11H,1-5H2,(H2,17,18,22). The zero-order chi connectivity index (χ0) is 15.9. The third-order valence-corrected chi connectivity index (χ3v) is 4.02. The van der Waals surface area contributed by atoms with Crippen molar-refractivity contribution in [3.63, 3.8) is 0 Å². The average Bonchev–Trinajstić information content (AvgIpc) is 2.49. The Kier molecular flexibility index (Phi) is 6.09. The number of nitro benzene ring substituents is 1. The van der Waals surface area contributed by atoms with E-state index in [0.29, 0.717) is 16.7 Å². The molecule has 1 fully saturated rings. The van der Waals surface area contributed by atoms with Gasteiger partial charge >= 0.3 is 0 Å². The van der Waals surface area contributed by atoms with E-state index >= 15 is 0 Å². The molecule has 0 bridgehead atoms. The van der Waals surface area contributed by atoms with Gasteiger partial charge in [-0.1, -0.05) is 36.9 Å². The minimum atomic E-state index is -0.525. The molecule has 0 amide bonds. The molecule has 118 valence electrons. The van der Waals surface area contributed by atoms with Crippen LogP contribution in [0.25, 0.3) is 0 Å². The summed E-state index contributed by atoms with van der Waals surface area (Å²) in [7, 11) is 0. The van der Waals surface area contributed by atoms with Gasteiger partial charge in [-0.2, -0.15) is 5.10 Å². The van der Waals surface area contributed by atoms with Gasteiger partial charge in [-0.3, -0.25) is 15.5 Å². The van der Waals surface area contributed by atoms with E-state index in [1.807, 2.05) is 0 Å². The lowest BCUT2D eigenvalue weighted by Crippen LogP contribution is -2.40. The van der Waals surface area contributed by atoms with Gasteiger partial charge in [0, 0.05) is 17.7 Å². The van der Waals surface area contributed by atoms with Crippen molar-refractivity contribution in [3.05, 3.63) is 38.9 Å². The highest BCUT2D eigenvalue weighted by Gasteiger charge is 2.14. The number of nitrogens with one attached hydrogen (secondary N) is 2. The molecular formula is C14H17ClN4O2S. The van der Waals surface area contributed by atoms with E-state index in [4.69, 9.17) is 23.8 Å². The van der Waals surface area contributed by atoms with Crippen molar-refractivity contribution in [2.24, 2.45) is 5.10 Å². The summed E-state index contributed by atoms with van der Waals surface area (Å²) in [5.41, 5.74) is 3.16. The maximum atomic E-state index is 10.8. The van der Waals surface area contributed by atoms with Gasteiger partial charge in [-0.05, 0) is 31.1 Å². The molecule has 1 aromatic carbocycles. The Morgan fingerprint density at radius 3 is 2.82 bits per heavy atom. The highest BCUT2D eigenvalue weighted by atomic mass is 35.5. The van der Waals surface area contributed by atoms with Gasteiger partial charge in [0.25, 0.3) is 5.69 Å². The Morgan fingerprint density at radius 2 is 2.14 bits per heavy atom. The largest absolute Gasteiger partial charge is 0.359 e. The van der Waals surface area contributed by atoms with Crippen LogP contribution in [0.15, 0.2) is 23.3 Å². The molecule has 1 aliphatic carbocycles. The summed E-state index contributed by atoms with van der Waals surface area (Å²) in [6.45, 7) is 0. The Balaban J connectivity index is 1.87. The molecule has 1 saturated carbocycles. The molecule has 1 aromatic rings. The van der Waals surface area contributed by atoms with Crippen molar-refractivity contribution in [1.29, 1.82) is 0 Å². The summed E-state index contributed by atoms with van der Waals surface area (Å²) in [5.74, 6) is 0. The topological polar surface area (TPSA) is 79.6 Å². The molecule has 0 unspecified atom stereocenters. The van der Waals surface area contributed by atoms with Crippen molar-refractivity contribution in [1.82, 2.24) is 10.7 Å². The summed E-state index contributed by atoms with van der Waals surface area (Å²) >= 11 is 10.9. The van der Waals surface area contributed by atoms with Crippen LogP contribution in [0.2, 0.25) is 5.02 Å². The van der Waals surface area contributed by atoms with E-state index in [2.05, 4.69) is 15.8 Å². The first-order valence-corrected chi connectivity index (χ1v) is 7.88. The first-order chi connectivity index (χ1) is 10.6. The first kappa shape index (κ1) is 16.6. The van der Waals surface area contributed by atoms with E-state index in [1.54, 1.807) is 6.07 Å². The van der Waals surface area contributed by atoms with Gasteiger partial charge in [0.1, 0.15) is 5.02 Å². The smallest absolute Gasteiger partial charge is 0.288 e. The molecule has 6 nitrogen and oxygen atoms in total. The number of halogens is 1. The maximum Gasteiger partial charge on any atom is 0.288 e. The summed E-state index contributed by atoms with van der Waals surface area (Å²) in [5, 5.41) is 18.6. The summed E-state index contributed by atoms with van der Waals surface area (Å²) in [6, 6.07) is 4.89. The number of rotatable bonds is 4. The molecule has 0 saturated heterocycles. The minimum Gasteiger partial charge on any atom is -0.359 e. The van der Waals surface area contributed by atoms with E-state index in [0.717, 1.165) is 12.8 Å². The van der Waals surface area contributed by atoms with Crippen LogP contribution in [0.5, 0.6) is 0 Å². The number of benzene rings is 1. The summed E-state index contributed by atoms with van der Waals surface area (Å²) in [6.07, 6.45) is 7.43. The second kappa shape index (κ2) is 8.05. The molecule has 0 aliphatic heterocycles. The Hall–Kier alpha value is -1.73. The Bertz CT molecular complexity index is 588. The molecule has 1 aliphatic rings. The van der Waals surface area contributed by atoms with Crippen LogP contribution in [0.3, 0.4) is 0 Å². The van der Waals surface area contributed by atoms with Crippen molar-refractivity contribution >= 4 is 40.8 Å². The van der Waals surface area contributed by atoms with E-state index < -0.39 is 4.92 Å². The number of nitro groups is 1. The Morgan fingerprint density at radius 1 is 1.41 bits per heavy atom. The van der Waals surface area contributed by atoms with Crippen molar-refractivity contribution in [2.75, 3.05) is 0 Å². The molecule has 0 atom stereocenters. The molecule has 8 heteroatoms. The monoisotopic (exact) mass is 340 g/mol. The third-order valence-electron chi connectivity index (χ3n) is 3.49. The number of hydrogen-bond acceptors (Lipinski definition) is 4. The number of nitrogens with zero attached hydrogens (tertiary/aromatic N) is 2. The fourth-order valence-corrected chi connectivity index (χ4v) is 2.79. The molecule has 0 spiro atoms. The highest BCUT2D eigenvalue weighted by molar-refractivity contribution is 7.80. The average molecular weight is 341 g/mol. The van der Waals surface area contributed by atoms with Crippen LogP contribution in [0, 0.1) is 10.1 Å². The minimum absolute atomic E-state index is 0.101. The predicted octanol–water partition coefficient (Wildman–Crippen LogP) is 3.38. The van der Waals surface area contributed by atoms with Crippen molar-refractivity contribution in [3.8, 4) is 0 Å². The molecule has 0 radical (unpaired) electrons. The quantitative estimate of drug-likeness (QED) is 0.380. The second-order valence-corrected chi connectivity index (χ2v) is 5.96. The van der Waals surface area contributed by atoms with Crippen LogP contribution in [-0.2, 0) is 0 Å². The zero-order valence-corrected chi connectivity index (χ0v) is 13.5. The maximum absolute atomic E-state index is 10.8. The van der Waals surface area contributed by atoms with Gasteiger partial charge in [0.05, 0.1) is 11.1 Å². The van der Waals surface area contributed by atoms with Gasteiger partial charge < -0.3 is 5.32 Å². The molecule has 2 N–H and O–H groups in total. The van der Waals surface area contributed by atoms with Crippen molar-refractivity contribution < 1.29 is 4.92 Å². The van der Waals surface area contributed by atoms with Crippen LogP contribution < -0.4 is 10.7 Å². The Labute approximate surface area is 139 Å². The first-order valence-electron chi connectivity index (χ1n) is 7.10. The fraction of sp³-hybridized carbons (Fsp3) is 0.429. The number of thiocarbonyl (C=S) groups is 1. The lowest BCUT2D eigenvalue weighted by Gasteiger charge is -2.23. The summed E-state index contributed by atoms with van der Waals surface area (Å²) < 4.78 is 0. The molecule has 0 aromatic heterocycles. The van der Waals surface area contributed by atoms with Crippen LogP contribution >= 0.6 is 23.8 Å². The molecule has 0 heterocycles. The molecule has 2 rings (SSSR count). The summed E-state index contributed by atoms with van der Waals surface area (Å²) in [4.78, 5) is 10.3. The predicted molar refractivity (Wildman–Crippen MR) is 91.4 cm³/mol. The third kappa shape index (κ3) is 4.92. The molecule has 22 heavy (non-hydrogen) atoms. The lowest BCUT2D eigenvalue weighted by atomic mass is 9.96. The van der Waals surface area contributed by atoms with E-state index in [9.17, 15) is 10.1 Å². The van der Waals surface area contributed by atoms with Crippen LogP contribution in [0.1, 0.15) is 37.7 Å². The highest BCUT2D eigenvalue weighted by Crippen LogP contribution is 2.24. The van der Waals surface area contributed by atoms with E-state index in [1.165, 1.54) is 37.6 Å². The SMILES string of the molecule is O=[N+]([O-])c1cc(C=NNC(=S)NC2CCCCC2)ccc1Cl. The number of hydrogen-bond donors (Lipinski definition) is 2. The zero-order valence-electron chi connectivity index (χ0n) is 11.9. The van der Waals surface area contributed by atoms with Crippen LogP contribution in [-0.4, -0.2) is 22.3 Å². The molecular weight excluding hydrogens is 324 g/mol. The van der Waals surface area contributed by atoms with E-state index in [-0.39, 0.29) is 10.7 Å². The van der Waals surface area contributed by atoms with Gasteiger partial charge in [0.2, 0.25) is 0 Å².